The lowest BCUT2D eigenvalue weighted by Gasteiger charge is -2.25. The Labute approximate surface area is 182 Å². The van der Waals surface area contributed by atoms with E-state index in [-0.39, 0.29) is 40.4 Å². The van der Waals surface area contributed by atoms with E-state index >= 15 is 4.39 Å². The molecule has 1 amide bonds. The lowest BCUT2D eigenvalue weighted by atomic mass is 10.1. The molecule has 0 radical (unpaired) electrons. The van der Waals surface area contributed by atoms with Gasteiger partial charge in [0.05, 0.1) is 34.4 Å². The van der Waals surface area contributed by atoms with Crippen molar-refractivity contribution >= 4 is 40.0 Å². The Hall–Kier alpha value is -2.55. The standard InChI is InChI=1S/C22H24FN3O4S/c1-11(27)24-8-12-5-6-25(9-12)19-15(23)7-14-18(21(19)30-2)26(13-3-4-13)22-17(20(14)29)16(28)10-31-22/h7,12-13H,3-6,8-10H2,1-2H3,(H,24,27)/t12-/m0/s1. The van der Waals surface area contributed by atoms with E-state index in [0.717, 1.165) is 19.3 Å². The molecule has 2 aromatic rings. The van der Waals surface area contributed by atoms with Gasteiger partial charge in [-0.2, -0.15) is 0 Å². The predicted molar refractivity (Wildman–Crippen MR) is 117 cm³/mol. The number of anilines is 1. The van der Waals surface area contributed by atoms with Gasteiger partial charge in [-0.1, -0.05) is 11.8 Å². The van der Waals surface area contributed by atoms with Crippen LogP contribution in [0, 0.1) is 11.7 Å². The molecule has 1 aromatic heterocycles. The number of benzene rings is 1. The lowest BCUT2D eigenvalue weighted by molar-refractivity contribution is -0.119. The molecule has 5 rings (SSSR count). The van der Waals surface area contributed by atoms with E-state index in [9.17, 15) is 14.4 Å². The van der Waals surface area contributed by atoms with Gasteiger partial charge in [0.1, 0.15) is 5.69 Å². The van der Waals surface area contributed by atoms with Crippen LogP contribution in [-0.2, 0) is 4.79 Å². The molecule has 1 aliphatic carbocycles. The summed E-state index contributed by atoms with van der Waals surface area (Å²) in [5, 5.41) is 3.72. The average molecular weight is 446 g/mol. The Balaban J connectivity index is 1.67. The molecule has 0 bridgehead atoms. The molecular formula is C22H24FN3O4S. The summed E-state index contributed by atoms with van der Waals surface area (Å²) in [6.07, 6.45) is 2.74. The van der Waals surface area contributed by atoms with Crippen molar-refractivity contribution in [3.8, 4) is 5.75 Å². The summed E-state index contributed by atoms with van der Waals surface area (Å²) in [4.78, 5) is 38.7. The zero-order valence-corrected chi connectivity index (χ0v) is 18.3. The number of carbonyl (C=O) groups is 2. The van der Waals surface area contributed by atoms with Crippen molar-refractivity contribution in [3.63, 3.8) is 0 Å². The topological polar surface area (TPSA) is 80.6 Å². The van der Waals surface area contributed by atoms with E-state index in [1.165, 1.54) is 31.9 Å². The number of rotatable bonds is 5. The fraction of sp³-hybridized carbons (Fsp3) is 0.500. The number of aromatic nitrogens is 1. The number of Topliss-reactive ketones (excluding diaryl/α,β-unsaturated/α-hetero) is 1. The van der Waals surface area contributed by atoms with Crippen LogP contribution < -0.4 is 20.4 Å². The largest absolute Gasteiger partial charge is 0.492 e. The minimum Gasteiger partial charge on any atom is -0.492 e. The number of ether oxygens (including phenoxy) is 1. The summed E-state index contributed by atoms with van der Waals surface area (Å²) in [5.74, 6) is 0.00114. The van der Waals surface area contributed by atoms with Gasteiger partial charge in [0.15, 0.2) is 17.3 Å². The summed E-state index contributed by atoms with van der Waals surface area (Å²) in [5.41, 5.74) is 0.710. The summed E-state index contributed by atoms with van der Waals surface area (Å²) in [7, 11) is 1.50. The maximum atomic E-state index is 15.4. The second kappa shape index (κ2) is 7.55. The second-order valence-electron chi connectivity index (χ2n) is 8.50. The van der Waals surface area contributed by atoms with Crippen molar-refractivity contribution in [2.24, 2.45) is 5.92 Å². The van der Waals surface area contributed by atoms with Crippen molar-refractivity contribution in [2.45, 2.75) is 37.3 Å². The predicted octanol–water partition coefficient (Wildman–Crippen LogP) is 2.73. The zero-order valence-electron chi connectivity index (χ0n) is 17.5. The Kier molecular flexibility index (Phi) is 4.96. The molecule has 1 saturated carbocycles. The number of fused-ring (bicyclic) bond motifs is 2. The molecular weight excluding hydrogens is 421 g/mol. The number of ketones is 1. The normalized spacial score (nSPS) is 20.4. The Morgan fingerprint density at radius 2 is 2.10 bits per heavy atom. The molecule has 1 atom stereocenters. The highest BCUT2D eigenvalue weighted by molar-refractivity contribution is 8.00. The first-order valence-electron chi connectivity index (χ1n) is 10.5. The highest BCUT2D eigenvalue weighted by atomic mass is 32.2. The molecule has 2 aliphatic heterocycles. The van der Waals surface area contributed by atoms with Gasteiger partial charge >= 0.3 is 0 Å². The fourth-order valence-corrected chi connectivity index (χ4v) is 5.87. The van der Waals surface area contributed by atoms with Crippen LogP contribution in [0.4, 0.5) is 10.1 Å². The molecule has 7 nitrogen and oxygen atoms in total. The second-order valence-corrected chi connectivity index (χ2v) is 9.46. The third kappa shape index (κ3) is 3.30. The molecule has 0 spiro atoms. The lowest BCUT2D eigenvalue weighted by Crippen LogP contribution is -2.29. The highest BCUT2D eigenvalue weighted by Crippen LogP contribution is 2.48. The fourth-order valence-electron chi connectivity index (χ4n) is 4.73. The number of hydrogen-bond donors (Lipinski definition) is 1. The molecule has 3 aliphatic rings. The van der Waals surface area contributed by atoms with Gasteiger partial charge < -0.3 is 19.5 Å². The first-order valence-corrected chi connectivity index (χ1v) is 11.5. The molecule has 1 saturated heterocycles. The van der Waals surface area contributed by atoms with E-state index in [1.807, 2.05) is 9.47 Å². The molecule has 9 heteroatoms. The molecule has 2 fully saturated rings. The van der Waals surface area contributed by atoms with Gasteiger partial charge in [0, 0.05) is 32.6 Å². The van der Waals surface area contributed by atoms with Crippen LogP contribution in [0.3, 0.4) is 0 Å². The van der Waals surface area contributed by atoms with Gasteiger partial charge in [0.2, 0.25) is 11.3 Å². The third-order valence-electron chi connectivity index (χ3n) is 6.30. The number of halogens is 1. The first kappa shape index (κ1) is 20.4. The maximum absolute atomic E-state index is 15.4. The maximum Gasteiger partial charge on any atom is 0.216 e. The summed E-state index contributed by atoms with van der Waals surface area (Å²) < 4.78 is 23.2. The van der Waals surface area contributed by atoms with Gasteiger partial charge in [-0.25, -0.2) is 4.39 Å². The van der Waals surface area contributed by atoms with Crippen molar-refractivity contribution in [2.75, 3.05) is 37.4 Å². The summed E-state index contributed by atoms with van der Waals surface area (Å²) in [6, 6.07) is 1.46. The Morgan fingerprint density at radius 1 is 1.32 bits per heavy atom. The van der Waals surface area contributed by atoms with E-state index in [2.05, 4.69) is 5.32 Å². The van der Waals surface area contributed by atoms with Crippen LogP contribution in [0.5, 0.6) is 5.75 Å². The van der Waals surface area contributed by atoms with Gasteiger partial charge in [-0.3, -0.25) is 14.4 Å². The highest BCUT2D eigenvalue weighted by Gasteiger charge is 2.37. The van der Waals surface area contributed by atoms with Gasteiger partial charge in [0.25, 0.3) is 0 Å². The van der Waals surface area contributed by atoms with E-state index in [1.54, 1.807) is 0 Å². The number of carbonyl (C=O) groups excluding carboxylic acids is 2. The van der Waals surface area contributed by atoms with Crippen LogP contribution in [-0.4, -0.2) is 48.8 Å². The number of methoxy groups -OCH3 is 1. The molecule has 1 N–H and O–H groups in total. The number of pyridine rings is 1. The van der Waals surface area contributed by atoms with Gasteiger partial charge in [-0.05, 0) is 31.2 Å². The first-order chi connectivity index (χ1) is 14.9. The number of nitrogens with one attached hydrogen (secondary N) is 1. The monoisotopic (exact) mass is 445 g/mol. The number of thioether (sulfide) groups is 1. The average Bonchev–Trinajstić information content (AvgIpc) is 3.34. The van der Waals surface area contributed by atoms with Crippen LogP contribution in [0.15, 0.2) is 15.9 Å². The minimum absolute atomic E-state index is 0.0812. The summed E-state index contributed by atoms with van der Waals surface area (Å²) in [6.45, 7) is 3.25. The molecule has 1 aromatic carbocycles. The van der Waals surface area contributed by atoms with Crippen molar-refractivity contribution in [1.29, 1.82) is 0 Å². The Morgan fingerprint density at radius 3 is 2.77 bits per heavy atom. The van der Waals surface area contributed by atoms with E-state index in [0.29, 0.717) is 41.6 Å². The number of hydrogen-bond acceptors (Lipinski definition) is 6. The van der Waals surface area contributed by atoms with E-state index < -0.39 is 11.2 Å². The molecule has 3 heterocycles. The van der Waals surface area contributed by atoms with Gasteiger partial charge in [-0.15, -0.1) is 0 Å². The van der Waals surface area contributed by atoms with Crippen molar-refractivity contribution in [1.82, 2.24) is 9.88 Å². The Bertz CT molecular complexity index is 1170. The van der Waals surface area contributed by atoms with Crippen LogP contribution in [0.25, 0.3) is 10.9 Å². The van der Waals surface area contributed by atoms with Crippen molar-refractivity contribution in [3.05, 3.63) is 27.7 Å². The molecule has 164 valence electrons. The minimum atomic E-state index is -0.526. The number of nitrogens with zero attached hydrogens (tertiary/aromatic N) is 2. The van der Waals surface area contributed by atoms with Crippen LogP contribution in [0.1, 0.15) is 42.6 Å². The summed E-state index contributed by atoms with van der Waals surface area (Å²) >= 11 is 1.38. The molecule has 31 heavy (non-hydrogen) atoms. The van der Waals surface area contributed by atoms with Crippen LogP contribution in [0.2, 0.25) is 0 Å². The SMILES string of the molecule is COc1c(N2CC[C@@H](CNC(C)=O)C2)c(F)cc2c(=O)c3c(n(C4CC4)c12)SCC3=O. The van der Waals surface area contributed by atoms with Crippen molar-refractivity contribution < 1.29 is 18.7 Å². The third-order valence-corrected chi connectivity index (χ3v) is 7.39. The smallest absolute Gasteiger partial charge is 0.216 e. The van der Waals surface area contributed by atoms with Crippen LogP contribution >= 0.6 is 11.8 Å². The zero-order chi connectivity index (χ0) is 21.9. The van der Waals surface area contributed by atoms with E-state index in [4.69, 9.17) is 4.74 Å². The quantitative estimate of drug-likeness (QED) is 0.762. The molecule has 0 unspecified atom stereocenters. The number of amides is 1.